The molecule has 2 aromatic heterocycles. The van der Waals surface area contributed by atoms with Crippen molar-refractivity contribution in [3.8, 4) is 34.5 Å². The third-order valence-electron chi connectivity index (χ3n) is 6.40. The SMILES string of the molecule is COc1c(C(C)=O)c(OCC2C=NN(COc3c(C(C)=O)c(OC)c4ccoc4c3OC)S2)c(OC)c2occc12. The molecule has 0 amide bonds. The van der Waals surface area contributed by atoms with E-state index in [9.17, 15) is 9.59 Å². The minimum Gasteiger partial charge on any atom is -0.495 e. The van der Waals surface area contributed by atoms with Crippen molar-refractivity contribution < 1.29 is 46.8 Å². The van der Waals surface area contributed by atoms with Gasteiger partial charge < -0.3 is 37.3 Å². The standard InChI is InChI=1S/C28H28N2O10S/c1-14(31)19-21(33-3)17-7-9-37-23(17)27(35-5)25(19)39-12-16-11-29-30(41-16)13-40-26-20(15(2)32)22(34-4)18-8-10-38-24(18)28(26)36-6/h7-11,16H,12-13H2,1-6H3. The number of carbonyl (C=O) groups is 2. The summed E-state index contributed by atoms with van der Waals surface area (Å²) < 4.78 is 47.2. The lowest BCUT2D eigenvalue weighted by Gasteiger charge is -2.21. The van der Waals surface area contributed by atoms with Gasteiger partial charge >= 0.3 is 0 Å². The number of ketones is 2. The second-order valence-corrected chi connectivity index (χ2v) is 10.1. The zero-order valence-corrected chi connectivity index (χ0v) is 24.1. The average Bonchev–Trinajstić information content (AvgIpc) is 3.73. The van der Waals surface area contributed by atoms with Crippen LogP contribution in [0.25, 0.3) is 21.9 Å². The van der Waals surface area contributed by atoms with Gasteiger partial charge in [0.1, 0.15) is 29.2 Å². The Morgan fingerprint density at radius 3 is 1.73 bits per heavy atom. The number of hydrazone groups is 1. The molecule has 0 N–H and O–H groups in total. The van der Waals surface area contributed by atoms with E-state index in [1.54, 1.807) is 22.8 Å². The number of Topliss-reactive ketones (excluding diaryl/α,β-unsaturated/α-hetero) is 2. The minimum atomic E-state index is -0.263. The van der Waals surface area contributed by atoms with Crippen molar-refractivity contribution >= 4 is 51.7 Å². The fourth-order valence-electron chi connectivity index (χ4n) is 4.73. The zero-order chi connectivity index (χ0) is 29.3. The van der Waals surface area contributed by atoms with E-state index < -0.39 is 0 Å². The highest BCUT2D eigenvalue weighted by Gasteiger charge is 2.31. The van der Waals surface area contributed by atoms with Crippen molar-refractivity contribution in [2.24, 2.45) is 5.10 Å². The first-order valence-corrected chi connectivity index (χ1v) is 13.2. The molecule has 216 valence electrons. The van der Waals surface area contributed by atoms with Crippen LogP contribution in [0.4, 0.5) is 0 Å². The lowest BCUT2D eigenvalue weighted by molar-refractivity contribution is 0.0995. The molecule has 0 saturated carbocycles. The van der Waals surface area contributed by atoms with E-state index >= 15 is 0 Å². The topological polar surface area (TPSA) is 131 Å². The maximum absolute atomic E-state index is 12.6. The molecule has 0 saturated heterocycles. The number of hydrogen-bond donors (Lipinski definition) is 0. The Morgan fingerprint density at radius 2 is 1.27 bits per heavy atom. The lowest BCUT2D eigenvalue weighted by Crippen LogP contribution is -2.19. The lowest BCUT2D eigenvalue weighted by atomic mass is 10.0. The Balaban J connectivity index is 1.34. The van der Waals surface area contributed by atoms with Gasteiger partial charge in [-0.15, -0.1) is 0 Å². The molecule has 3 heterocycles. The smallest absolute Gasteiger partial charge is 0.205 e. The highest BCUT2D eigenvalue weighted by atomic mass is 32.2. The Morgan fingerprint density at radius 1 is 0.780 bits per heavy atom. The average molecular weight is 585 g/mol. The fourth-order valence-corrected chi connectivity index (χ4v) is 5.50. The molecule has 41 heavy (non-hydrogen) atoms. The summed E-state index contributed by atoms with van der Waals surface area (Å²) >= 11 is 1.34. The molecule has 0 fully saturated rings. The fraction of sp³-hybridized carbons (Fsp3) is 0.321. The van der Waals surface area contributed by atoms with Gasteiger partial charge in [-0.1, -0.05) is 0 Å². The summed E-state index contributed by atoms with van der Waals surface area (Å²) in [5, 5.41) is 5.35. The van der Waals surface area contributed by atoms with Gasteiger partial charge in [0.2, 0.25) is 11.5 Å². The second kappa shape index (κ2) is 11.5. The molecule has 0 bridgehead atoms. The van der Waals surface area contributed by atoms with Crippen LogP contribution in [0, 0.1) is 0 Å². The molecule has 1 atom stereocenters. The number of ether oxygens (including phenoxy) is 6. The molecule has 13 heteroatoms. The normalized spacial score (nSPS) is 14.5. The molecular weight excluding hydrogens is 556 g/mol. The molecule has 1 aliphatic heterocycles. The van der Waals surface area contributed by atoms with E-state index in [1.807, 2.05) is 0 Å². The molecule has 1 aliphatic rings. The first kappa shape index (κ1) is 28.0. The maximum Gasteiger partial charge on any atom is 0.205 e. The van der Waals surface area contributed by atoms with Gasteiger partial charge in [0, 0.05) is 6.21 Å². The monoisotopic (exact) mass is 584 g/mol. The van der Waals surface area contributed by atoms with Gasteiger partial charge in [0.25, 0.3) is 0 Å². The van der Waals surface area contributed by atoms with Crippen molar-refractivity contribution in [2.75, 3.05) is 41.8 Å². The Bertz CT molecular complexity index is 1540. The van der Waals surface area contributed by atoms with Crippen LogP contribution in [0.3, 0.4) is 0 Å². The van der Waals surface area contributed by atoms with Crippen molar-refractivity contribution in [1.29, 1.82) is 0 Å². The van der Waals surface area contributed by atoms with E-state index in [1.165, 1.54) is 66.8 Å². The van der Waals surface area contributed by atoms with E-state index in [0.717, 1.165) is 0 Å². The first-order chi connectivity index (χ1) is 19.8. The number of fused-ring (bicyclic) bond motifs is 2. The summed E-state index contributed by atoms with van der Waals surface area (Å²) in [5.41, 5.74) is 1.29. The van der Waals surface area contributed by atoms with Gasteiger partial charge in [-0.05, 0) is 37.9 Å². The summed E-state index contributed by atoms with van der Waals surface area (Å²) in [4.78, 5) is 25.3. The van der Waals surface area contributed by atoms with Crippen LogP contribution in [0.15, 0.2) is 38.6 Å². The predicted octanol–water partition coefficient (Wildman–Crippen LogP) is 5.35. The predicted molar refractivity (Wildman–Crippen MR) is 151 cm³/mol. The summed E-state index contributed by atoms with van der Waals surface area (Å²) in [6.45, 7) is 2.97. The van der Waals surface area contributed by atoms with Crippen molar-refractivity contribution in [3.63, 3.8) is 0 Å². The second-order valence-electron chi connectivity index (χ2n) is 8.83. The van der Waals surface area contributed by atoms with Crippen LogP contribution in [0.1, 0.15) is 34.6 Å². The number of nitrogens with zero attached hydrogens (tertiary/aromatic N) is 2. The Kier molecular flexibility index (Phi) is 7.88. The van der Waals surface area contributed by atoms with Gasteiger partial charge in [0.15, 0.2) is 41.0 Å². The van der Waals surface area contributed by atoms with E-state index in [-0.39, 0.29) is 58.5 Å². The molecule has 0 spiro atoms. The minimum absolute atomic E-state index is 0.0299. The molecule has 5 rings (SSSR count). The summed E-state index contributed by atoms with van der Waals surface area (Å²) in [5.74, 6) is 1.14. The van der Waals surface area contributed by atoms with E-state index in [2.05, 4.69) is 5.10 Å². The number of rotatable bonds is 12. The largest absolute Gasteiger partial charge is 0.495 e. The molecular formula is C28H28N2O10S. The number of methoxy groups -OCH3 is 4. The van der Waals surface area contributed by atoms with Gasteiger partial charge in [-0.3, -0.25) is 9.59 Å². The first-order valence-electron chi connectivity index (χ1n) is 12.4. The van der Waals surface area contributed by atoms with Gasteiger partial charge in [0.05, 0.1) is 57.0 Å². The van der Waals surface area contributed by atoms with Crippen LogP contribution >= 0.6 is 11.9 Å². The van der Waals surface area contributed by atoms with Crippen LogP contribution in [-0.4, -0.2) is 69.2 Å². The van der Waals surface area contributed by atoms with E-state index in [4.69, 9.17) is 37.3 Å². The Hall–Kier alpha value is -4.52. The summed E-state index contributed by atoms with van der Waals surface area (Å²) in [7, 11) is 5.90. The molecule has 0 aliphatic carbocycles. The van der Waals surface area contributed by atoms with Gasteiger partial charge in [-0.2, -0.15) is 5.10 Å². The van der Waals surface area contributed by atoms with Crippen LogP contribution < -0.4 is 28.4 Å². The number of hydrogen-bond acceptors (Lipinski definition) is 13. The highest BCUT2D eigenvalue weighted by molar-refractivity contribution is 7.98. The van der Waals surface area contributed by atoms with Crippen LogP contribution in [-0.2, 0) is 0 Å². The summed E-state index contributed by atoms with van der Waals surface area (Å²) in [6.07, 6.45) is 4.67. The Labute approximate surface area is 239 Å². The number of carbonyl (C=O) groups excluding carboxylic acids is 2. The van der Waals surface area contributed by atoms with Gasteiger partial charge in [-0.25, -0.2) is 4.41 Å². The molecule has 0 radical (unpaired) electrons. The number of furan rings is 2. The molecule has 4 aromatic rings. The van der Waals surface area contributed by atoms with Crippen molar-refractivity contribution in [1.82, 2.24) is 4.41 Å². The zero-order valence-electron chi connectivity index (χ0n) is 23.3. The van der Waals surface area contributed by atoms with Crippen molar-refractivity contribution in [2.45, 2.75) is 19.1 Å². The maximum atomic E-state index is 12.6. The molecule has 2 aromatic carbocycles. The van der Waals surface area contributed by atoms with Crippen molar-refractivity contribution in [3.05, 3.63) is 35.8 Å². The third kappa shape index (κ3) is 4.86. The van der Waals surface area contributed by atoms with Crippen LogP contribution in [0.2, 0.25) is 0 Å². The number of benzene rings is 2. The molecule has 1 unspecified atom stereocenters. The quantitative estimate of drug-likeness (QED) is 0.157. The highest BCUT2D eigenvalue weighted by Crippen LogP contribution is 2.48. The van der Waals surface area contributed by atoms with Crippen LogP contribution in [0.5, 0.6) is 34.5 Å². The third-order valence-corrected chi connectivity index (χ3v) is 7.38. The van der Waals surface area contributed by atoms with E-state index in [0.29, 0.717) is 39.2 Å². The summed E-state index contributed by atoms with van der Waals surface area (Å²) in [6, 6.07) is 3.40. The molecule has 12 nitrogen and oxygen atoms in total.